The molecule has 1 heterocycles. The molecule has 0 amide bonds. The summed E-state index contributed by atoms with van der Waals surface area (Å²) in [7, 11) is 0. The molecule has 0 bridgehead atoms. The first-order chi connectivity index (χ1) is 15.0. The summed E-state index contributed by atoms with van der Waals surface area (Å²) >= 11 is 0. The van der Waals surface area contributed by atoms with Crippen molar-refractivity contribution in [3.8, 4) is 0 Å². The van der Waals surface area contributed by atoms with Crippen LogP contribution in [0.4, 0.5) is 4.39 Å². The van der Waals surface area contributed by atoms with E-state index in [-0.39, 0.29) is 23.3 Å². The van der Waals surface area contributed by atoms with E-state index >= 15 is 0 Å². The third kappa shape index (κ3) is 4.75. The Balaban J connectivity index is 1.72. The largest absolute Gasteiger partial charge is 0.308 e. The van der Waals surface area contributed by atoms with Gasteiger partial charge >= 0.3 is 0 Å². The van der Waals surface area contributed by atoms with Crippen LogP contribution in [0.1, 0.15) is 36.6 Å². The van der Waals surface area contributed by atoms with Crippen LogP contribution in [-0.2, 0) is 13.1 Å². The van der Waals surface area contributed by atoms with Gasteiger partial charge in [-0.25, -0.2) is 4.39 Å². The third-order valence-electron chi connectivity index (χ3n) is 5.44. The first kappa shape index (κ1) is 21.0. The molecule has 1 aromatic heterocycles. The van der Waals surface area contributed by atoms with Crippen LogP contribution < -0.4 is 10.9 Å². The van der Waals surface area contributed by atoms with Crippen LogP contribution >= 0.6 is 0 Å². The van der Waals surface area contributed by atoms with E-state index < -0.39 is 0 Å². The molecule has 0 saturated carbocycles. The number of nitrogens with zero attached hydrogens (tertiary/aromatic N) is 1. The highest BCUT2D eigenvalue weighted by Gasteiger charge is 2.16. The van der Waals surface area contributed by atoms with Crippen molar-refractivity contribution in [2.45, 2.75) is 33.0 Å². The molecule has 0 saturated heterocycles. The lowest BCUT2D eigenvalue weighted by Crippen LogP contribution is -2.30. The summed E-state index contributed by atoms with van der Waals surface area (Å²) in [6.45, 7) is 5.08. The van der Waals surface area contributed by atoms with Crippen LogP contribution in [0, 0.1) is 11.7 Å². The van der Waals surface area contributed by atoms with E-state index in [0.29, 0.717) is 24.2 Å². The minimum atomic E-state index is -0.330. The lowest BCUT2D eigenvalue weighted by Gasteiger charge is -2.21. The zero-order chi connectivity index (χ0) is 21.8. The number of hydrogen-bond acceptors (Lipinski definition) is 2. The van der Waals surface area contributed by atoms with Crippen LogP contribution in [-0.4, -0.2) is 4.57 Å². The summed E-state index contributed by atoms with van der Waals surface area (Å²) in [5.74, 6) is -0.0581. The van der Waals surface area contributed by atoms with E-state index in [9.17, 15) is 9.18 Å². The molecule has 0 aliphatic rings. The fourth-order valence-electron chi connectivity index (χ4n) is 4.01. The second-order valence-electron chi connectivity index (χ2n) is 8.32. The molecule has 0 spiro atoms. The maximum absolute atomic E-state index is 13.9. The summed E-state index contributed by atoms with van der Waals surface area (Å²) in [4.78, 5) is 13.3. The highest BCUT2D eigenvalue weighted by Crippen LogP contribution is 2.23. The molecule has 0 unspecified atom stereocenters. The quantitative estimate of drug-likeness (QED) is 0.422. The molecule has 4 aromatic rings. The predicted octanol–water partition coefficient (Wildman–Crippen LogP) is 5.68. The van der Waals surface area contributed by atoms with Crippen molar-refractivity contribution >= 4 is 10.9 Å². The Hall–Kier alpha value is -3.24. The number of rotatable bonds is 7. The Bertz CT molecular complexity index is 1180. The van der Waals surface area contributed by atoms with Crippen molar-refractivity contribution in [2.24, 2.45) is 5.92 Å². The number of hydrogen-bond donors (Lipinski definition) is 1. The Labute approximate surface area is 182 Å². The summed E-state index contributed by atoms with van der Waals surface area (Å²) in [6, 6.07) is 26.9. The van der Waals surface area contributed by atoms with Crippen LogP contribution in [0.2, 0.25) is 0 Å². The van der Waals surface area contributed by atoms with Gasteiger partial charge in [-0.05, 0) is 46.7 Å². The fourth-order valence-corrected chi connectivity index (χ4v) is 4.01. The number of nitrogens with one attached hydrogen (secondary N) is 1. The number of fused-ring (bicyclic) bond motifs is 1. The number of aromatic nitrogens is 1. The lowest BCUT2D eigenvalue weighted by molar-refractivity contribution is 0.516. The number of halogens is 1. The SMILES string of the molecule is CC(C)Cn1c(=O)c(CNC(c2ccccc2)c2ccccc2)cc2ccc(F)cc21. The van der Waals surface area contributed by atoms with Gasteiger partial charge < -0.3 is 9.88 Å². The van der Waals surface area contributed by atoms with Crippen molar-refractivity contribution in [1.82, 2.24) is 9.88 Å². The van der Waals surface area contributed by atoms with Gasteiger partial charge in [-0.15, -0.1) is 0 Å². The van der Waals surface area contributed by atoms with E-state index in [1.807, 2.05) is 42.5 Å². The highest BCUT2D eigenvalue weighted by atomic mass is 19.1. The van der Waals surface area contributed by atoms with Gasteiger partial charge in [0.05, 0.1) is 11.6 Å². The lowest BCUT2D eigenvalue weighted by atomic mass is 9.98. The molecular weight excluding hydrogens is 387 g/mol. The van der Waals surface area contributed by atoms with E-state index in [0.717, 1.165) is 16.5 Å². The Morgan fingerprint density at radius 3 is 2.06 bits per heavy atom. The van der Waals surface area contributed by atoms with Crippen molar-refractivity contribution in [2.75, 3.05) is 0 Å². The average Bonchev–Trinajstić information content (AvgIpc) is 2.78. The van der Waals surface area contributed by atoms with Crippen LogP contribution in [0.15, 0.2) is 89.7 Å². The molecule has 3 nitrogen and oxygen atoms in total. The average molecular weight is 415 g/mol. The summed E-state index contributed by atoms with van der Waals surface area (Å²) in [5.41, 5.74) is 3.53. The molecule has 0 radical (unpaired) electrons. The summed E-state index contributed by atoms with van der Waals surface area (Å²) in [5, 5.41) is 4.45. The second-order valence-corrected chi connectivity index (χ2v) is 8.32. The standard InChI is InChI=1S/C27H27FN2O/c1-19(2)18-30-25-16-24(28)14-13-22(25)15-23(27(30)31)17-29-26(20-9-5-3-6-10-20)21-11-7-4-8-12-21/h3-16,19,26,29H,17-18H2,1-2H3. The van der Waals surface area contributed by atoms with E-state index in [2.05, 4.69) is 43.4 Å². The van der Waals surface area contributed by atoms with Crippen molar-refractivity contribution in [1.29, 1.82) is 0 Å². The molecule has 0 fully saturated rings. The first-order valence-electron chi connectivity index (χ1n) is 10.7. The minimum Gasteiger partial charge on any atom is -0.308 e. The Morgan fingerprint density at radius 1 is 0.871 bits per heavy atom. The summed E-state index contributed by atoms with van der Waals surface area (Å²) < 4.78 is 15.6. The van der Waals surface area contributed by atoms with Crippen LogP contribution in [0.5, 0.6) is 0 Å². The molecular formula is C27H27FN2O. The van der Waals surface area contributed by atoms with Gasteiger partial charge in [0.25, 0.3) is 5.56 Å². The highest BCUT2D eigenvalue weighted by molar-refractivity contribution is 5.79. The van der Waals surface area contributed by atoms with Crippen LogP contribution in [0.3, 0.4) is 0 Å². The topological polar surface area (TPSA) is 34.0 Å². The molecule has 0 aliphatic heterocycles. The van der Waals surface area contributed by atoms with Crippen molar-refractivity contribution in [3.05, 3.63) is 118 Å². The van der Waals surface area contributed by atoms with Gasteiger partial charge in [0, 0.05) is 18.7 Å². The molecule has 0 aliphatic carbocycles. The van der Waals surface area contributed by atoms with Crippen molar-refractivity contribution in [3.63, 3.8) is 0 Å². The van der Waals surface area contributed by atoms with Gasteiger partial charge in [0.2, 0.25) is 0 Å². The van der Waals surface area contributed by atoms with Crippen LogP contribution in [0.25, 0.3) is 10.9 Å². The van der Waals surface area contributed by atoms with E-state index in [1.165, 1.54) is 12.1 Å². The Kier molecular flexibility index (Phi) is 6.28. The molecule has 4 heteroatoms. The fraction of sp³-hybridized carbons (Fsp3) is 0.222. The molecule has 158 valence electrons. The maximum atomic E-state index is 13.9. The van der Waals surface area contributed by atoms with E-state index in [4.69, 9.17) is 0 Å². The molecule has 4 rings (SSSR count). The normalized spacial score (nSPS) is 11.5. The van der Waals surface area contributed by atoms with Gasteiger partial charge in [0.15, 0.2) is 0 Å². The molecule has 3 aromatic carbocycles. The monoisotopic (exact) mass is 414 g/mol. The van der Waals surface area contributed by atoms with Gasteiger partial charge in [-0.3, -0.25) is 4.79 Å². The van der Waals surface area contributed by atoms with Gasteiger partial charge in [0.1, 0.15) is 5.82 Å². The smallest absolute Gasteiger partial charge is 0.255 e. The first-order valence-corrected chi connectivity index (χ1v) is 10.7. The molecule has 0 atom stereocenters. The van der Waals surface area contributed by atoms with Gasteiger partial charge in [-0.2, -0.15) is 0 Å². The van der Waals surface area contributed by atoms with E-state index in [1.54, 1.807) is 10.6 Å². The second kappa shape index (κ2) is 9.27. The number of benzene rings is 3. The van der Waals surface area contributed by atoms with Gasteiger partial charge in [-0.1, -0.05) is 74.5 Å². The van der Waals surface area contributed by atoms with Crippen molar-refractivity contribution < 1.29 is 4.39 Å². The zero-order valence-corrected chi connectivity index (χ0v) is 17.9. The number of pyridine rings is 1. The Morgan fingerprint density at radius 2 is 1.48 bits per heavy atom. The predicted molar refractivity (Wildman–Crippen MR) is 125 cm³/mol. The third-order valence-corrected chi connectivity index (χ3v) is 5.44. The molecule has 1 N–H and O–H groups in total. The molecule has 31 heavy (non-hydrogen) atoms. The zero-order valence-electron chi connectivity index (χ0n) is 17.9. The maximum Gasteiger partial charge on any atom is 0.255 e. The summed E-state index contributed by atoms with van der Waals surface area (Å²) in [6.07, 6.45) is 0. The minimum absolute atomic E-state index is 0.0377.